The van der Waals surface area contributed by atoms with Gasteiger partial charge in [-0.1, -0.05) is 212 Å². The minimum atomic E-state index is -1.12. The van der Waals surface area contributed by atoms with E-state index in [0.29, 0.717) is 12.8 Å². The van der Waals surface area contributed by atoms with Gasteiger partial charge < -0.3 is 28.6 Å². The fraction of sp³-hybridized carbons (Fsp3) is 0.870. The Kier molecular flexibility index (Phi) is 43.8. The molecule has 8 heteroatoms. The number of esters is 2. The number of ether oxygens (including phenoxy) is 3. The highest BCUT2D eigenvalue weighted by Crippen LogP contribution is 2.17. The number of rotatable bonds is 48. The largest absolute Gasteiger partial charge is 0.544 e. The molecular weight excluding hydrogens is 775 g/mol. The molecule has 364 valence electrons. The van der Waals surface area contributed by atoms with E-state index in [9.17, 15) is 19.5 Å². The van der Waals surface area contributed by atoms with Crippen LogP contribution in [0.25, 0.3) is 0 Å². The molecule has 0 fully saturated rings. The van der Waals surface area contributed by atoms with E-state index >= 15 is 0 Å². The normalized spacial score (nSPS) is 13.0. The molecule has 0 aromatic carbocycles. The van der Waals surface area contributed by atoms with Gasteiger partial charge in [-0.3, -0.25) is 9.59 Å². The Morgan fingerprint density at radius 1 is 0.484 bits per heavy atom. The quantitative estimate of drug-likeness (QED) is 0.0260. The molecule has 0 aliphatic heterocycles. The Bertz CT molecular complexity index is 1070. The average molecular weight is 876 g/mol. The molecule has 0 saturated heterocycles. The molecule has 0 rings (SSSR count). The standard InChI is InChI=1S/C54H101NO7/c1-6-8-10-12-14-16-18-20-22-23-24-25-26-27-28-29-31-32-34-36-38-40-42-44-52(56)61-49-50(48-60-47-46-51(54(58)59)55(3,4)5)62-53(57)45-43-41-39-37-35-33-30-21-19-17-15-13-11-9-7-2/h15,17,21,30,50-51H,6-14,16,18-20,22-29,31-49H2,1-5H3/b17-15-,30-21-. The van der Waals surface area contributed by atoms with Crippen LogP contribution in [0.15, 0.2) is 24.3 Å². The zero-order valence-corrected chi connectivity index (χ0v) is 41.6. The van der Waals surface area contributed by atoms with Crippen LogP contribution in [-0.4, -0.2) is 75.5 Å². The molecule has 0 aliphatic rings. The van der Waals surface area contributed by atoms with Crippen molar-refractivity contribution in [3.63, 3.8) is 0 Å². The zero-order valence-electron chi connectivity index (χ0n) is 41.6. The van der Waals surface area contributed by atoms with Crippen molar-refractivity contribution in [3.05, 3.63) is 24.3 Å². The number of hydrogen-bond donors (Lipinski definition) is 0. The molecule has 8 nitrogen and oxygen atoms in total. The fourth-order valence-electron chi connectivity index (χ4n) is 7.99. The number of carboxylic acids is 1. The van der Waals surface area contributed by atoms with E-state index in [0.717, 1.165) is 64.2 Å². The van der Waals surface area contributed by atoms with Gasteiger partial charge in [-0.05, 0) is 44.9 Å². The minimum absolute atomic E-state index is 0.0392. The monoisotopic (exact) mass is 876 g/mol. The Hall–Kier alpha value is -2.19. The molecule has 2 atom stereocenters. The summed E-state index contributed by atoms with van der Waals surface area (Å²) in [5.74, 6) is -1.74. The molecular formula is C54H101NO7. The van der Waals surface area contributed by atoms with Crippen LogP contribution in [0, 0.1) is 0 Å². The summed E-state index contributed by atoms with van der Waals surface area (Å²) in [5, 5.41) is 11.7. The lowest BCUT2D eigenvalue weighted by Gasteiger charge is -2.34. The van der Waals surface area contributed by atoms with Crippen LogP contribution >= 0.6 is 0 Å². The van der Waals surface area contributed by atoms with Gasteiger partial charge in [-0.15, -0.1) is 0 Å². The van der Waals surface area contributed by atoms with Gasteiger partial charge in [0.05, 0.1) is 40.3 Å². The highest BCUT2D eigenvalue weighted by atomic mass is 16.6. The second-order valence-corrected chi connectivity index (χ2v) is 19.1. The van der Waals surface area contributed by atoms with Crippen LogP contribution < -0.4 is 5.11 Å². The van der Waals surface area contributed by atoms with E-state index < -0.39 is 18.1 Å². The average Bonchev–Trinajstić information content (AvgIpc) is 3.23. The first-order valence-corrected chi connectivity index (χ1v) is 26.4. The van der Waals surface area contributed by atoms with Gasteiger partial charge >= 0.3 is 11.9 Å². The number of nitrogens with zero attached hydrogens (tertiary/aromatic N) is 1. The van der Waals surface area contributed by atoms with Crippen molar-refractivity contribution >= 4 is 17.9 Å². The molecule has 0 aromatic rings. The van der Waals surface area contributed by atoms with Gasteiger partial charge in [0.25, 0.3) is 0 Å². The maximum absolute atomic E-state index is 12.8. The third kappa shape index (κ3) is 43.1. The Balaban J connectivity index is 4.16. The summed E-state index contributed by atoms with van der Waals surface area (Å²) in [7, 11) is 5.42. The van der Waals surface area contributed by atoms with Gasteiger partial charge in [-0.25, -0.2) is 0 Å². The van der Waals surface area contributed by atoms with Gasteiger partial charge in [0, 0.05) is 19.3 Å². The Labute approximate surface area is 383 Å². The number of aliphatic carboxylic acids is 1. The number of carbonyl (C=O) groups is 3. The highest BCUT2D eigenvalue weighted by molar-refractivity contribution is 5.70. The lowest BCUT2D eigenvalue weighted by Crippen LogP contribution is -2.55. The van der Waals surface area contributed by atoms with E-state index in [-0.39, 0.29) is 42.7 Å². The minimum Gasteiger partial charge on any atom is -0.544 e. The van der Waals surface area contributed by atoms with E-state index in [1.807, 2.05) is 0 Å². The van der Waals surface area contributed by atoms with Gasteiger partial charge in [-0.2, -0.15) is 0 Å². The molecule has 0 N–H and O–H groups in total. The maximum atomic E-state index is 12.8. The molecule has 0 heterocycles. The first-order chi connectivity index (χ1) is 30.1. The second-order valence-electron chi connectivity index (χ2n) is 19.1. The molecule has 0 radical (unpaired) electrons. The van der Waals surface area contributed by atoms with Crippen molar-refractivity contribution in [1.82, 2.24) is 0 Å². The van der Waals surface area contributed by atoms with E-state index in [1.165, 1.54) is 154 Å². The van der Waals surface area contributed by atoms with E-state index in [2.05, 4.69) is 38.2 Å². The molecule has 0 saturated carbocycles. The summed E-state index contributed by atoms with van der Waals surface area (Å²) in [4.78, 5) is 37.0. The van der Waals surface area contributed by atoms with Crippen molar-refractivity contribution in [3.8, 4) is 0 Å². The predicted molar refractivity (Wildman–Crippen MR) is 259 cm³/mol. The van der Waals surface area contributed by atoms with Crippen molar-refractivity contribution < 1.29 is 38.2 Å². The van der Waals surface area contributed by atoms with Crippen LogP contribution in [-0.2, 0) is 28.6 Å². The number of carboxylic acid groups (broad SMARTS) is 1. The van der Waals surface area contributed by atoms with Crippen molar-refractivity contribution in [1.29, 1.82) is 0 Å². The summed E-state index contributed by atoms with van der Waals surface area (Å²) >= 11 is 0. The summed E-state index contributed by atoms with van der Waals surface area (Å²) in [6.07, 6.45) is 52.1. The van der Waals surface area contributed by atoms with Crippen molar-refractivity contribution in [2.75, 3.05) is 41.0 Å². The first kappa shape index (κ1) is 59.8. The van der Waals surface area contributed by atoms with Crippen LogP contribution in [0.1, 0.15) is 251 Å². The van der Waals surface area contributed by atoms with E-state index in [4.69, 9.17) is 14.2 Å². The molecule has 0 spiro atoms. The fourth-order valence-corrected chi connectivity index (χ4v) is 7.99. The molecule has 62 heavy (non-hydrogen) atoms. The topological polar surface area (TPSA) is 102 Å². The summed E-state index contributed by atoms with van der Waals surface area (Å²) < 4.78 is 17.2. The Morgan fingerprint density at radius 2 is 0.855 bits per heavy atom. The van der Waals surface area contributed by atoms with Gasteiger partial charge in [0.1, 0.15) is 12.6 Å². The van der Waals surface area contributed by atoms with Crippen LogP contribution in [0.2, 0.25) is 0 Å². The van der Waals surface area contributed by atoms with Gasteiger partial charge in [0.2, 0.25) is 0 Å². The number of likely N-dealkylation sites (N-methyl/N-ethyl adjacent to an activating group) is 1. The predicted octanol–water partition coefficient (Wildman–Crippen LogP) is 13.9. The highest BCUT2D eigenvalue weighted by Gasteiger charge is 2.25. The third-order valence-corrected chi connectivity index (χ3v) is 12.1. The third-order valence-electron chi connectivity index (χ3n) is 12.1. The lowest BCUT2D eigenvalue weighted by molar-refractivity contribution is -0.889. The Morgan fingerprint density at radius 3 is 1.27 bits per heavy atom. The summed E-state index contributed by atoms with van der Waals surface area (Å²) in [6, 6.07) is -0.726. The second kappa shape index (κ2) is 45.4. The number of allylic oxidation sites excluding steroid dienone is 4. The van der Waals surface area contributed by atoms with Crippen LogP contribution in [0.4, 0.5) is 0 Å². The first-order valence-electron chi connectivity index (χ1n) is 26.4. The van der Waals surface area contributed by atoms with Crippen LogP contribution in [0.5, 0.6) is 0 Å². The van der Waals surface area contributed by atoms with Crippen molar-refractivity contribution in [2.24, 2.45) is 0 Å². The smallest absolute Gasteiger partial charge is 0.306 e. The molecule has 0 bridgehead atoms. The number of quaternary nitrogens is 1. The SMILES string of the molecule is CCCCC/C=C\C/C=C\CCCCCCCC(=O)OC(COCCC(C(=O)[O-])[N+](C)(C)C)COC(=O)CCCCCCCCCCCCCCCCCCCCCCCCC. The van der Waals surface area contributed by atoms with Crippen molar-refractivity contribution in [2.45, 2.75) is 264 Å². The van der Waals surface area contributed by atoms with Gasteiger partial charge in [0.15, 0.2) is 6.10 Å². The number of unbranched alkanes of at least 4 members (excludes halogenated alkanes) is 30. The van der Waals surface area contributed by atoms with Crippen LogP contribution in [0.3, 0.4) is 0 Å². The zero-order chi connectivity index (χ0) is 45.6. The number of hydrogen-bond acceptors (Lipinski definition) is 7. The van der Waals surface area contributed by atoms with E-state index in [1.54, 1.807) is 21.1 Å². The molecule has 0 aromatic heterocycles. The summed E-state index contributed by atoms with van der Waals surface area (Å²) in [6.45, 7) is 4.66. The maximum Gasteiger partial charge on any atom is 0.306 e. The lowest BCUT2D eigenvalue weighted by atomic mass is 10.0. The molecule has 0 amide bonds. The summed E-state index contributed by atoms with van der Waals surface area (Å²) in [5.41, 5.74) is 0. The number of carbonyl (C=O) groups excluding carboxylic acids is 3. The molecule has 2 unspecified atom stereocenters. The molecule has 0 aliphatic carbocycles.